The van der Waals surface area contributed by atoms with Gasteiger partial charge in [-0.2, -0.15) is 15.1 Å². The van der Waals surface area contributed by atoms with Gasteiger partial charge in [-0.1, -0.05) is 6.08 Å². The lowest BCUT2D eigenvalue weighted by molar-refractivity contribution is -0.0511. The summed E-state index contributed by atoms with van der Waals surface area (Å²) in [5, 5.41) is 38.0. The average molecular weight is 401 g/mol. The summed E-state index contributed by atoms with van der Waals surface area (Å²) in [5.74, 6) is 1.54. The second kappa shape index (κ2) is 7.10. The smallest absolute Gasteiger partial charge is 0.272 e. The summed E-state index contributed by atoms with van der Waals surface area (Å²) in [4.78, 5) is 12.7. The van der Waals surface area contributed by atoms with Crippen LogP contribution in [0.15, 0.2) is 28.2 Å². The summed E-state index contributed by atoms with van der Waals surface area (Å²) in [7, 11) is 0. The highest BCUT2D eigenvalue weighted by Gasteiger charge is 2.44. The van der Waals surface area contributed by atoms with Crippen LogP contribution in [0.5, 0.6) is 0 Å². The SMILES string of the molecule is Nc1nc(N=NCC2=CC3CCC2C3)nc2c1ncn2C1O[C@H](CO)[C@@H](O)[C@H]1O. The van der Waals surface area contributed by atoms with Gasteiger partial charge in [0.15, 0.2) is 17.7 Å². The summed E-state index contributed by atoms with van der Waals surface area (Å²) in [6.45, 7) is 0.103. The molecule has 2 bridgehead atoms. The molecule has 1 saturated carbocycles. The fourth-order valence-corrected chi connectivity index (χ4v) is 4.57. The minimum absolute atomic E-state index is 0.0900. The first-order valence-electron chi connectivity index (χ1n) is 9.75. The van der Waals surface area contributed by atoms with Gasteiger partial charge in [-0.3, -0.25) is 4.57 Å². The molecular weight excluding hydrogens is 378 g/mol. The van der Waals surface area contributed by atoms with E-state index in [0.717, 1.165) is 0 Å². The molecule has 0 aromatic carbocycles. The molecule has 1 aliphatic heterocycles. The molecule has 3 heterocycles. The number of ether oxygens (including phenoxy) is 1. The molecule has 3 unspecified atom stereocenters. The van der Waals surface area contributed by atoms with E-state index in [9.17, 15) is 15.3 Å². The molecule has 1 saturated heterocycles. The van der Waals surface area contributed by atoms with Crippen molar-refractivity contribution in [3.05, 3.63) is 18.0 Å². The number of aliphatic hydroxyl groups is 3. The molecule has 0 amide bonds. The van der Waals surface area contributed by atoms with Gasteiger partial charge in [0.2, 0.25) is 0 Å². The van der Waals surface area contributed by atoms with Gasteiger partial charge in [0.05, 0.1) is 19.5 Å². The fraction of sp³-hybridized carbons (Fsp3) is 0.611. The predicted molar refractivity (Wildman–Crippen MR) is 101 cm³/mol. The van der Waals surface area contributed by atoms with Crippen LogP contribution in [0.1, 0.15) is 25.5 Å². The largest absolute Gasteiger partial charge is 0.394 e. The number of fused-ring (bicyclic) bond motifs is 3. The topological polar surface area (TPSA) is 164 Å². The highest BCUT2D eigenvalue weighted by atomic mass is 16.6. The molecule has 0 spiro atoms. The van der Waals surface area contributed by atoms with Crippen molar-refractivity contribution in [2.45, 2.75) is 43.8 Å². The Morgan fingerprint density at radius 3 is 2.79 bits per heavy atom. The van der Waals surface area contributed by atoms with Crippen LogP contribution in [0.4, 0.5) is 11.8 Å². The first-order valence-corrected chi connectivity index (χ1v) is 9.75. The number of rotatable bonds is 5. The van der Waals surface area contributed by atoms with Gasteiger partial charge in [0.25, 0.3) is 5.95 Å². The molecule has 11 heteroatoms. The van der Waals surface area contributed by atoms with Gasteiger partial charge < -0.3 is 25.8 Å². The third-order valence-corrected chi connectivity index (χ3v) is 6.09. The molecule has 5 N–H and O–H groups in total. The normalized spacial score (nSPS) is 34.0. The van der Waals surface area contributed by atoms with Crippen molar-refractivity contribution < 1.29 is 20.1 Å². The number of nitrogens with two attached hydrogens (primary N) is 1. The van der Waals surface area contributed by atoms with Crippen molar-refractivity contribution in [3.63, 3.8) is 0 Å². The monoisotopic (exact) mass is 401 g/mol. The number of anilines is 1. The molecule has 11 nitrogen and oxygen atoms in total. The lowest BCUT2D eigenvalue weighted by Crippen LogP contribution is -2.33. The molecule has 3 aliphatic rings. The van der Waals surface area contributed by atoms with Crippen molar-refractivity contribution in [1.82, 2.24) is 19.5 Å². The number of aromatic nitrogens is 4. The Labute approximate surface area is 166 Å². The minimum atomic E-state index is -1.25. The lowest BCUT2D eigenvalue weighted by Gasteiger charge is -2.16. The molecular formula is C18H23N7O4. The van der Waals surface area contributed by atoms with Gasteiger partial charge in [-0.25, -0.2) is 4.98 Å². The van der Waals surface area contributed by atoms with E-state index in [1.807, 2.05) is 0 Å². The van der Waals surface area contributed by atoms with Crippen LogP contribution >= 0.6 is 0 Å². The standard InChI is InChI=1S/C18H23N7O4/c19-15-12-16(25(7-20-12)17-14(28)13(27)11(6-26)29-17)23-18(22-15)24-21-5-10-4-8-1-2-9(10)3-8/h4,7-9,11,13-14,17,26-28H,1-3,5-6H2,(H2,19,22,23)/t8?,9?,11-,13-,14-,17?/m1/s1. The van der Waals surface area contributed by atoms with Crippen molar-refractivity contribution in [3.8, 4) is 0 Å². The summed E-state index contributed by atoms with van der Waals surface area (Å²) in [6.07, 6.45) is 3.08. The van der Waals surface area contributed by atoms with E-state index >= 15 is 0 Å². The predicted octanol–water partition coefficient (Wildman–Crippen LogP) is 0.460. The second-order valence-electron chi connectivity index (χ2n) is 7.87. The first-order chi connectivity index (χ1) is 14.0. The molecule has 154 valence electrons. The average Bonchev–Trinajstić information content (AvgIpc) is 3.47. The zero-order chi connectivity index (χ0) is 20.1. The Bertz CT molecular complexity index is 990. The van der Waals surface area contributed by atoms with Gasteiger partial charge in [-0.15, -0.1) is 5.11 Å². The maximum Gasteiger partial charge on any atom is 0.272 e. The molecule has 2 fully saturated rings. The highest BCUT2D eigenvalue weighted by molar-refractivity contribution is 5.82. The number of hydrogen-bond donors (Lipinski definition) is 4. The van der Waals surface area contributed by atoms with E-state index in [2.05, 4.69) is 31.3 Å². The van der Waals surface area contributed by atoms with Crippen LogP contribution in [-0.2, 0) is 4.74 Å². The molecule has 29 heavy (non-hydrogen) atoms. The summed E-state index contributed by atoms with van der Waals surface area (Å²) in [5.41, 5.74) is 7.96. The summed E-state index contributed by atoms with van der Waals surface area (Å²) >= 11 is 0. The molecule has 2 aliphatic carbocycles. The van der Waals surface area contributed by atoms with E-state index in [4.69, 9.17) is 10.5 Å². The van der Waals surface area contributed by atoms with Crippen molar-refractivity contribution >= 4 is 22.9 Å². The first kappa shape index (κ1) is 18.6. The van der Waals surface area contributed by atoms with Gasteiger partial charge in [0.1, 0.15) is 23.8 Å². The quantitative estimate of drug-likeness (QED) is 0.414. The Morgan fingerprint density at radius 2 is 2.10 bits per heavy atom. The van der Waals surface area contributed by atoms with Crippen molar-refractivity contribution in [2.75, 3.05) is 18.9 Å². The Hall–Kier alpha value is -2.47. The second-order valence-corrected chi connectivity index (χ2v) is 7.87. The number of allylic oxidation sites excluding steroid dienone is 1. The van der Waals surface area contributed by atoms with E-state index in [0.29, 0.717) is 29.5 Å². The molecule has 5 rings (SSSR count). The van der Waals surface area contributed by atoms with E-state index in [1.54, 1.807) is 0 Å². The summed E-state index contributed by atoms with van der Waals surface area (Å²) < 4.78 is 7.01. The third-order valence-electron chi connectivity index (χ3n) is 6.09. The Morgan fingerprint density at radius 1 is 1.24 bits per heavy atom. The molecule has 2 aromatic heterocycles. The Balaban J connectivity index is 1.41. The van der Waals surface area contributed by atoms with Gasteiger partial charge in [-0.05, 0) is 36.7 Å². The van der Waals surface area contributed by atoms with Crippen molar-refractivity contribution in [2.24, 2.45) is 22.1 Å². The summed E-state index contributed by atoms with van der Waals surface area (Å²) in [6, 6.07) is 0. The zero-order valence-corrected chi connectivity index (χ0v) is 15.7. The number of azo groups is 1. The minimum Gasteiger partial charge on any atom is -0.394 e. The van der Waals surface area contributed by atoms with Crippen LogP contribution in [0.25, 0.3) is 11.2 Å². The number of aliphatic hydroxyl groups excluding tert-OH is 3. The van der Waals surface area contributed by atoms with Crippen LogP contribution in [0.3, 0.4) is 0 Å². The third kappa shape index (κ3) is 3.10. The Kier molecular flexibility index (Phi) is 4.54. The van der Waals surface area contributed by atoms with E-state index < -0.39 is 31.1 Å². The van der Waals surface area contributed by atoms with Crippen LogP contribution in [0.2, 0.25) is 0 Å². The number of imidazole rings is 1. The molecule has 2 aromatic rings. The van der Waals surface area contributed by atoms with Crippen LogP contribution in [0, 0.1) is 11.8 Å². The van der Waals surface area contributed by atoms with E-state index in [1.165, 1.54) is 35.7 Å². The molecule has 6 atom stereocenters. The van der Waals surface area contributed by atoms with E-state index in [-0.39, 0.29) is 11.8 Å². The fourth-order valence-electron chi connectivity index (χ4n) is 4.57. The van der Waals surface area contributed by atoms with Crippen LogP contribution in [-0.4, -0.2) is 66.3 Å². The van der Waals surface area contributed by atoms with Crippen molar-refractivity contribution in [1.29, 1.82) is 0 Å². The maximum absolute atomic E-state index is 10.3. The zero-order valence-electron chi connectivity index (χ0n) is 15.7. The maximum atomic E-state index is 10.3. The number of hydrogen-bond acceptors (Lipinski definition) is 10. The number of nitrogen functional groups attached to an aromatic ring is 1. The lowest BCUT2D eigenvalue weighted by atomic mass is 9.99. The van der Waals surface area contributed by atoms with Gasteiger partial charge in [0, 0.05) is 0 Å². The molecule has 0 radical (unpaired) electrons. The van der Waals surface area contributed by atoms with Crippen LogP contribution < -0.4 is 5.73 Å². The van der Waals surface area contributed by atoms with Gasteiger partial charge >= 0.3 is 0 Å². The number of nitrogens with zero attached hydrogens (tertiary/aromatic N) is 6. The highest BCUT2D eigenvalue weighted by Crippen LogP contribution is 2.43.